The second kappa shape index (κ2) is 17.6. The van der Waals surface area contributed by atoms with Gasteiger partial charge in [-0.2, -0.15) is 13.2 Å². The molecule has 5 rings (SSSR count). The fraction of sp³-hybridized carbons (Fsp3) is 0.400. The quantitative estimate of drug-likeness (QED) is 0.113. The van der Waals surface area contributed by atoms with Gasteiger partial charge in [-0.3, -0.25) is 9.69 Å². The van der Waals surface area contributed by atoms with Gasteiger partial charge in [0, 0.05) is 61.8 Å². The fourth-order valence-corrected chi connectivity index (χ4v) is 6.59. The largest absolute Gasteiger partial charge is 0.393 e. The first kappa shape index (κ1) is 37.0. The van der Waals surface area contributed by atoms with Crippen molar-refractivity contribution in [3.8, 4) is 0 Å². The first-order chi connectivity index (χ1) is 24.1. The van der Waals surface area contributed by atoms with Crippen LogP contribution >= 0.6 is 0 Å². The molecule has 1 amide bonds. The number of benzene rings is 2. The topological polar surface area (TPSA) is 66.5 Å². The minimum Gasteiger partial charge on any atom is -0.381 e. The molecule has 2 fully saturated rings. The van der Waals surface area contributed by atoms with Gasteiger partial charge < -0.3 is 15.4 Å². The molecule has 0 radical (unpaired) electrons. The molecule has 2 aromatic carbocycles. The summed E-state index contributed by atoms with van der Waals surface area (Å²) in [6.07, 6.45) is 4.98. The van der Waals surface area contributed by atoms with Crippen molar-refractivity contribution in [2.24, 2.45) is 0 Å². The standard InChI is InChI=1S/C40H46F4N4O2/c1-3-9-36(41)34-24-30(15-14-28(34)2)39(35(25-40(42,43)44)29-10-5-4-6-11-29)31-16-17-37(45-26-31)46-33-12-7-20-48(27-33)21-8-13-38(49)47-32-18-22-50-23-19-32/h4-6,8-11,13-17,24,26,32-33H,3,7,12,18-23,25,27H2,1-2H3,(H,45,46)(H,47,49)/b13-8+,36-9-,39-35-. The maximum atomic E-state index is 15.1. The van der Waals surface area contributed by atoms with Crippen molar-refractivity contribution in [3.63, 3.8) is 0 Å². The van der Waals surface area contributed by atoms with Crippen molar-refractivity contribution < 1.29 is 27.1 Å². The second-order valence-corrected chi connectivity index (χ2v) is 13.0. The number of likely N-dealkylation sites (tertiary alicyclic amines) is 1. The molecule has 1 aromatic heterocycles. The molecule has 3 aromatic rings. The summed E-state index contributed by atoms with van der Waals surface area (Å²) < 4.78 is 63.0. The number of aromatic nitrogens is 1. The number of nitrogens with one attached hydrogen (secondary N) is 2. The third-order valence-electron chi connectivity index (χ3n) is 9.08. The van der Waals surface area contributed by atoms with Crippen LogP contribution in [0.25, 0.3) is 17.0 Å². The Kier molecular flexibility index (Phi) is 13.0. The summed E-state index contributed by atoms with van der Waals surface area (Å²) in [4.78, 5) is 19.3. The van der Waals surface area contributed by atoms with E-state index in [1.54, 1.807) is 79.9 Å². The Bertz CT molecular complexity index is 1660. The average Bonchev–Trinajstić information content (AvgIpc) is 3.10. The second-order valence-electron chi connectivity index (χ2n) is 13.0. The van der Waals surface area contributed by atoms with Crippen LogP contribution in [0, 0.1) is 6.92 Å². The molecule has 10 heteroatoms. The molecule has 2 N–H and O–H groups in total. The number of pyridine rings is 1. The van der Waals surface area contributed by atoms with E-state index in [4.69, 9.17) is 4.74 Å². The van der Waals surface area contributed by atoms with Crippen molar-refractivity contribution in [2.45, 2.75) is 70.6 Å². The van der Waals surface area contributed by atoms with Crippen LogP contribution in [0.2, 0.25) is 0 Å². The number of nitrogens with zero attached hydrogens (tertiary/aromatic N) is 2. The molecular weight excluding hydrogens is 644 g/mol. The number of aryl methyl sites for hydroxylation is 1. The van der Waals surface area contributed by atoms with Crippen molar-refractivity contribution in [1.82, 2.24) is 15.2 Å². The van der Waals surface area contributed by atoms with Crippen LogP contribution in [-0.4, -0.2) is 66.9 Å². The van der Waals surface area contributed by atoms with Crippen LogP contribution in [0.5, 0.6) is 0 Å². The van der Waals surface area contributed by atoms with E-state index in [1.165, 1.54) is 6.08 Å². The summed E-state index contributed by atoms with van der Waals surface area (Å²) in [7, 11) is 0. The lowest BCUT2D eigenvalue weighted by Gasteiger charge is -2.32. The van der Waals surface area contributed by atoms with Crippen LogP contribution in [0.1, 0.15) is 73.3 Å². The predicted molar refractivity (Wildman–Crippen MR) is 192 cm³/mol. The van der Waals surface area contributed by atoms with Gasteiger partial charge in [0.25, 0.3) is 0 Å². The number of hydrogen-bond donors (Lipinski definition) is 2. The maximum Gasteiger partial charge on any atom is 0.393 e. The highest BCUT2D eigenvalue weighted by molar-refractivity contribution is 5.99. The van der Waals surface area contributed by atoms with E-state index in [-0.39, 0.29) is 23.6 Å². The number of rotatable bonds is 12. The molecule has 1 atom stereocenters. The molecule has 2 saturated heterocycles. The number of ether oxygens (including phenoxy) is 1. The lowest BCUT2D eigenvalue weighted by molar-refractivity contribution is -0.123. The summed E-state index contributed by atoms with van der Waals surface area (Å²) >= 11 is 0. The molecule has 50 heavy (non-hydrogen) atoms. The molecule has 3 heterocycles. The lowest BCUT2D eigenvalue weighted by Crippen LogP contribution is -2.42. The van der Waals surface area contributed by atoms with E-state index in [9.17, 15) is 18.0 Å². The minimum atomic E-state index is -4.48. The van der Waals surface area contributed by atoms with Gasteiger partial charge in [0.05, 0.1) is 6.42 Å². The van der Waals surface area contributed by atoms with Crippen molar-refractivity contribution >= 4 is 28.7 Å². The third-order valence-corrected chi connectivity index (χ3v) is 9.08. The highest BCUT2D eigenvalue weighted by atomic mass is 19.4. The number of halogens is 4. The SMILES string of the molecule is CC/C=C(\F)c1cc(/C(=C(\CC(F)(F)F)c2ccccc2)c2ccc(NC3CCCN(C/C=C/C(=O)NC4CCOCC4)C3)nc2)ccc1C. The summed E-state index contributed by atoms with van der Waals surface area (Å²) in [5, 5.41) is 6.53. The highest BCUT2D eigenvalue weighted by Crippen LogP contribution is 2.40. The highest BCUT2D eigenvalue weighted by Gasteiger charge is 2.32. The van der Waals surface area contributed by atoms with Crippen LogP contribution in [-0.2, 0) is 9.53 Å². The van der Waals surface area contributed by atoms with E-state index in [0.29, 0.717) is 65.4 Å². The zero-order valence-electron chi connectivity index (χ0n) is 28.7. The van der Waals surface area contributed by atoms with Gasteiger partial charge in [-0.15, -0.1) is 0 Å². The Morgan fingerprint density at radius 1 is 1.00 bits per heavy atom. The van der Waals surface area contributed by atoms with E-state index >= 15 is 4.39 Å². The Morgan fingerprint density at radius 3 is 2.46 bits per heavy atom. The Morgan fingerprint density at radius 2 is 1.76 bits per heavy atom. The van der Waals surface area contributed by atoms with Crippen LogP contribution < -0.4 is 10.6 Å². The molecule has 2 aliphatic rings. The first-order valence-electron chi connectivity index (χ1n) is 17.4. The van der Waals surface area contributed by atoms with E-state index < -0.39 is 18.4 Å². The molecule has 266 valence electrons. The fourth-order valence-electron chi connectivity index (χ4n) is 6.59. The van der Waals surface area contributed by atoms with E-state index in [2.05, 4.69) is 20.5 Å². The minimum absolute atomic E-state index is 0.0867. The number of hydrogen-bond acceptors (Lipinski definition) is 5. The summed E-state index contributed by atoms with van der Waals surface area (Å²) in [6.45, 7) is 7.28. The van der Waals surface area contributed by atoms with Gasteiger partial charge >= 0.3 is 6.18 Å². The first-order valence-corrected chi connectivity index (χ1v) is 17.4. The summed E-state index contributed by atoms with van der Waals surface area (Å²) in [6, 6.07) is 17.5. The molecule has 1 unspecified atom stereocenters. The van der Waals surface area contributed by atoms with Crippen molar-refractivity contribution in [2.75, 3.05) is 38.2 Å². The normalized spacial score (nSPS) is 18.6. The molecular formula is C40H46F4N4O2. The van der Waals surface area contributed by atoms with Gasteiger partial charge in [0.1, 0.15) is 11.6 Å². The number of alkyl halides is 3. The van der Waals surface area contributed by atoms with Crippen LogP contribution in [0.4, 0.5) is 23.4 Å². The van der Waals surface area contributed by atoms with Crippen molar-refractivity contribution in [1.29, 1.82) is 0 Å². The van der Waals surface area contributed by atoms with E-state index in [1.807, 2.05) is 13.0 Å². The monoisotopic (exact) mass is 690 g/mol. The number of piperidine rings is 1. The van der Waals surface area contributed by atoms with Gasteiger partial charge in [0.15, 0.2) is 0 Å². The molecule has 2 aliphatic heterocycles. The number of carbonyl (C=O) groups is 1. The number of carbonyl (C=O) groups excluding carboxylic acids is 1. The molecule has 0 bridgehead atoms. The maximum absolute atomic E-state index is 15.1. The van der Waals surface area contributed by atoms with Gasteiger partial charge in [-0.05, 0) is 97.7 Å². The van der Waals surface area contributed by atoms with Gasteiger partial charge in [0.2, 0.25) is 5.91 Å². The van der Waals surface area contributed by atoms with E-state index in [0.717, 1.165) is 38.8 Å². The zero-order valence-corrected chi connectivity index (χ0v) is 28.7. The molecule has 0 aliphatic carbocycles. The molecule has 6 nitrogen and oxygen atoms in total. The number of anilines is 1. The Hall–Kier alpha value is -4.28. The summed E-state index contributed by atoms with van der Waals surface area (Å²) in [5.41, 5.74) is 2.91. The van der Waals surface area contributed by atoms with Crippen LogP contribution in [0.15, 0.2) is 85.1 Å². The molecule has 0 spiro atoms. The number of allylic oxidation sites excluding steroid dienone is 2. The predicted octanol–water partition coefficient (Wildman–Crippen LogP) is 8.75. The van der Waals surface area contributed by atoms with Gasteiger partial charge in [-0.1, -0.05) is 55.5 Å². The lowest BCUT2D eigenvalue weighted by atomic mass is 9.87. The summed E-state index contributed by atoms with van der Waals surface area (Å²) in [5.74, 6) is 0.123. The smallest absolute Gasteiger partial charge is 0.381 e. The van der Waals surface area contributed by atoms with Crippen LogP contribution in [0.3, 0.4) is 0 Å². The molecule has 0 saturated carbocycles. The van der Waals surface area contributed by atoms with Gasteiger partial charge in [-0.25, -0.2) is 9.37 Å². The Labute approximate surface area is 292 Å². The van der Waals surface area contributed by atoms with Crippen molar-refractivity contribution in [3.05, 3.63) is 113 Å². The number of amides is 1. The zero-order chi connectivity index (χ0) is 35.5. The Balaban J connectivity index is 1.36. The average molecular weight is 691 g/mol. The third kappa shape index (κ3) is 10.6.